The molecule has 2 N–H and O–H groups in total. The topological polar surface area (TPSA) is 43.8 Å². The van der Waals surface area contributed by atoms with Crippen molar-refractivity contribution >= 4 is 28.6 Å². The molecule has 0 aliphatic heterocycles. The Kier molecular flexibility index (Phi) is 3.61. The fourth-order valence-electron chi connectivity index (χ4n) is 2.45. The van der Waals surface area contributed by atoms with Gasteiger partial charge in [-0.3, -0.25) is 0 Å². The van der Waals surface area contributed by atoms with Gasteiger partial charge in [0.1, 0.15) is 5.52 Å². The van der Waals surface area contributed by atoms with Gasteiger partial charge in [0.15, 0.2) is 0 Å². The van der Waals surface area contributed by atoms with Crippen LogP contribution in [0.1, 0.15) is 12.0 Å². The molecule has 2 aromatic carbocycles. The molecular formula is C16H16ClN3. The number of imidazole rings is 1. The zero-order valence-electron chi connectivity index (χ0n) is 11.1. The highest BCUT2D eigenvalue weighted by Crippen LogP contribution is 2.25. The van der Waals surface area contributed by atoms with Gasteiger partial charge < -0.3 is 10.3 Å². The molecule has 1 aromatic heterocycles. The summed E-state index contributed by atoms with van der Waals surface area (Å²) in [5.74, 6) is 0.529. The fraction of sp³-hybridized carbons (Fsp3) is 0.188. The van der Waals surface area contributed by atoms with Crippen molar-refractivity contribution < 1.29 is 0 Å². The van der Waals surface area contributed by atoms with Crippen LogP contribution in [0.25, 0.3) is 11.0 Å². The molecule has 0 bridgehead atoms. The summed E-state index contributed by atoms with van der Waals surface area (Å²) in [6, 6.07) is 16.2. The second kappa shape index (κ2) is 5.55. The van der Waals surface area contributed by atoms with E-state index in [2.05, 4.69) is 29.2 Å². The van der Waals surface area contributed by atoms with Gasteiger partial charge in [0, 0.05) is 6.54 Å². The summed E-state index contributed by atoms with van der Waals surface area (Å²) in [5, 5.41) is 0.649. The van der Waals surface area contributed by atoms with Gasteiger partial charge in [-0.05, 0) is 30.5 Å². The number of hydrogen-bond acceptors (Lipinski definition) is 2. The smallest absolute Gasteiger partial charge is 0.201 e. The number of nitrogen functional groups attached to an aromatic ring is 1. The minimum Gasteiger partial charge on any atom is -0.369 e. The molecule has 20 heavy (non-hydrogen) atoms. The molecule has 1 heterocycles. The third-order valence-corrected chi connectivity index (χ3v) is 3.75. The molecule has 0 aliphatic rings. The standard InChI is InChI=1S/C16H16ClN3/c17-13-9-4-10-14-15(13)19-16(18)20(14)11-5-8-12-6-2-1-3-7-12/h1-4,6-7,9-10H,5,8,11H2,(H2,18,19). The molecule has 4 heteroatoms. The molecule has 102 valence electrons. The highest BCUT2D eigenvalue weighted by atomic mass is 35.5. The van der Waals surface area contributed by atoms with Crippen molar-refractivity contribution in [3.63, 3.8) is 0 Å². The Morgan fingerprint density at radius 3 is 2.65 bits per heavy atom. The summed E-state index contributed by atoms with van der Waals surface area (Å²) < 4.78 is 2.03. The van der Waals surface area contributed by atoms with E-state index in [1.165, 1.54) is 5.56 Å². The molecular weight excluding hydrogens is 270 g/mol. The van der Waals surface area contributed by atoms with Crippen molar-refractivity contribution in [2.75, 3.05) is 5.73 Å². The lowest BCUT2D eigenvalue weighted by atomic mass is 10.1. The van der Waals surface area contributed by atoms with Crippen molar-refractivity contribution in [1.29, 1.82) is 0 Å². The number of aromatic nitrogens is 2. The molecule has 0 saturated heterocycles. The van der Waals surface area contributed by atoms with E-state index in [9.17, 15) is 0 Å². The average molecular weight is 286 g/mol. The Bertz CT molecular complexity index is 719. The van der Waals surface area contributed by atoms with E-state index in [4.69, 9.17) is 17.3 Å². The Morgan fingerprint density at radius 1 is 1.05 bits per heavy atom. The fourth-order valence-corrected chi connectivity index (χ4v) is 2.66. The van der Waals surface area contributed by atoms with Gasteiger partial charge in [0.25, 0.3) is 0 Å². The van der Waals surface area contributed by atoms with E-state index in [0.29, 0.717) is 11.0 Å². The number of nitrogens with two attached hydrogens (primary N) is 1. The Labute approximate surface area is 123 Å². The van der Waals surface area contributed by atoms with Gasteiger partial charge in [-0.15, -0.1) is 0 Å². The van der Waals surface area contributed by atoms with E-state index < -0.39 is 0 Å². The first kappa shape index (κ1) is 13.0. The van der Waals surface area contributed by atoms with E-state index >= 15 is 0 Å². The quantitative estimate of drug-likeness (QED) is 0.790. The van der Waals surface area contributed by atoms with Crippen LogP contribution in [0.4, 0.5) is 5.95 Å². The van der Waals surface area contributed by atoms with Crippen LogP contribution >= 0.6 is 11.6 Å². The first-order valence-corrected chi connectivity index (χ1v) is 7.07. The zero-order chi connectivity index (χ0) is 13.9. The van der Waals surface area contributed by atoms with Crippen LogP contribution in [-0.4, -0.2) is 9.55 Å². The lowest BCUT2D eigenvalue weighted by Crippen LogP contribution is -2.04. The number of halogens is 1. The molecule has 3 rings (SSSR count). The lowest BCUT2D eigenvalue weighted by molar-refractivity contribution is 0.665. The van der Waals surface area contributed by atoms with Gasteiger partial charge >= 0.3 is 0 Å². The lowest BCUT2D eigenvalue weighted by Gasteiger charge is -2.06. The molecule has 3 nitrogen and oxygen atoms in total. The summed E-state index contributed by atoms with van der Waals surface area (Å²) >= 11 is 6.14. The predicted octanol–water partition coefficient (Wildman–Crippen LogP) is 3.90. The first-order valence-electron chi connectivity index (χ1n) is 6.70. The number of nitrogens with zero attached hydrogens (tertiary/aromatic N) is 2. The van der Waals surface area contributed by atoms with E-state index in [-0.39, 0.29) is 0 Å². The predicted molar refractivity (Wildman–Crippen MR) is 83.9 cm³/mol. The Morgan fingerprint density at radius 2 is 1.85 bits per heavy atom. The molecule has 0 radical (unpaired) electrons. The summed E-state index contributed by atoms with van der Waals surface area (Å²) in [6.45, 7) is 0.845. The summed E-state index contributed by atoms with van der Waals surface area (Å²) in [6.07, 6.45) is 2.05. The maximum absolute atomic E-state index is 6.14. The molecule has 0 atom stereocenters. The SMILES string of the molecule is Nc1nc2c(Cl)cccc2n1CCCc1ccccc1. The van der Waals surface area contributed by atoms with Crippen LogP contribution < -0.4 is 5.73 Å². The first-order chi connectivity index (χ1) is 9.75. The van der Waals surface area contributed by atoms with E-state index in [1.807, 2.05) is 28.8 Å². The third-order valence-electron chi connectivity index (χ3n) is 3.45. The minimum absolute atomic E-state index is 0.529. The van der Waals surface area contributed by atoms with Crippen LogP contribution in [0.15, 0.2) is 48.5 Å². The van der Waals surface area contributed by atoms with Crippen molar-refractivity contribution in [1.82, 2.24) is 9.55 Å². The monoisotopic (exact) mass is 285 g/mol. The zero-order valence-corrected chi connectivity index (χ0v) is 11.8. The average Bonchev–Trinajstić information content (AvgIpc) is 2.78. The summed E-state index contributed by atoms with van der Waals surface area (Å²) in [4.78, 5) is 4.35. The maximum Gasteiger partial charge on any atom is 0.201 e. The van der Waals surface area contributed by atoms with Crippen LogP contribution in [0, 0.1) is 0 Å². The number of aryl methyl sites for hydroxylation is 2. The van der Waals surface area contributed by atoms with Crippen molar-refractivity contribution in [3.05, 3.63) is 59.1 Å². The van der Waals surface area contributed by atoms with Gasteiger partial charge in [0.2, 0.25) is 5.95 Å². The normalized spacial score (nSPS) is 11.1. The van der Waals surface area contributed by atoms with Gasteiger partial charge in [0.05, 0.1) is 10.5 Å². The molecule has 0 unspecified atom stereocenters. The number of benzene rings is 2. The Balaban J connectivity index is 1.78. The number of para-hydroxylation sites is 1. The second-order valence-electron chi connectivity index (χ2n) is 4.82. The Hall–Kier alpha value is -2.00. The van der Waals surface area contributed by atoms with Crippen molar-refractivity contribution in [2.45, 2.75) is 19.4 Å². The van der Waals surface area contributed by atoms with Gasteiger partial charge in [-0.25, -0.2) is 4.98 Å². The number of rotatable bonds is 4. The van der Waals surface area contributed by atoms with Crippen LogP contribution in [0.2, 0.25) is 5.02 Å². The number of hydrogen-bond donors (Lipinski definition) is 1. The molecule has 0 fully saturated rings. The molecule has 3 aromatic rings. The minimum atomic E-state index is 0.529. The molecule has 0 amide bonds. The van der Waals surface area contributed by atoms with Gasteiger partial charge in [-0.2, -0.15) is 0 Å². The summed E-state index contributed by atoms with van der Waals surface area (Å²) in [5.41, 5.74) is 9.12. The van der Waals surface area contributed by atoms with E-state index in [0.717, 1.165) is 30.4 Å². The van der Waals surface area contributed by atoms with Crippen LogP contribution in [-0.2, 0) is 13.0 Å². The third kappa shape index (κ3) is 2.49. The number of fused-ring (bicyclic) bond motifs is 1. The largest absolute Gasteiger partial charge is 0.369 e. The maximum atomic E-state index is 6.14. The van der Waals surface area contributed by atoms with Crippen LogP contribution in [0.5, 0.6) is 0 Å². The molecule has 0 spiro atoms. The van der Waals surface area contributed by atoms with E-state index in [1.54, 1.807) is 0 Å². The van der Waals surface area contributed by atoms with Crippen molar-refractivity contribution in [3.8, 4) is 0 Å². The summed E-state index contributed by atoms with van der Waals surface area (Å²) in [7, 11) is 0. The highest BCUT2D eigenvalue weighted by molar-refractivity contribution is 6.35. The van der Waals surface area contributed by atoms with Crippen LogP contribution in [0.3, 0.4) is 0 Å². The number of anilines is 1. The molecule has 0 aliphatic carbocycles. The van der Waals surface area contributed by atoms with Crippen molar-refractivity contribution in [2.24, 2.45) is 0 Å². The molecule has 0 saturated carbocycles. The highest BCUT2D eigenvalue weighted by Gasteiger charge is 2.10. The second-order valence-corrected chi connectivity index (χ2v) is 5.23. The van der Waals surface area contributed by atoms with Gasteiger partial charge in [-0.1, -0.05) is 48.0 Å².